The highest BCUT2D eigenvalue weighted by Gasteiger charge is 2.28. The SMILES string of the molecule is CCC(C)(CC)c1ccc(C#N)cc1-c1nc2ccccc2n1-c1ccccc1. The summed E-state index contributed by atoms with van der Waals surface area (Å²) in [6.07, 6.45) is 2.04. The number of fused-ring (bicyclic) bond motifs is 1. The van der Waals surface area contributed by atoms with E-state index in [0.29, 0.717) is 5.56 Å². The van der Waals surface area contributed by atoms with Gasteiger partial charge in [-0.2, -0.15) is 5.26 Å². The van der Waals surface area contributed by atoms with Crippen molar-refractivity contribution in [2.24, 2.45) is 0 Å². The monoisotopic (exact) mass is 379 g/mol. The lowest BCUT2D eigenvalue weighted by Gasteiger charge is -2.30. The molecule has 1 aromatic heterocycles. The molecule has 0 N–H and O–H groups in total. The van der Waals surface area contributed by atoms with Gasteiger partial charge in [0.25, 0.3) is 0 Å². The molecule has 0 aliphatic rings. The first kappa shape index (κ1) is 19.0. The zero-order chi connectivity index (χ0) is 20.4. The zero-order valence-electron chi connectivity index (χ0n) is 17.2. The van der Waals surface area contributed by atoms with Crippen LogP contribution < -0.4 is 0 Å². The van der Waals surface area contributed by atoms with Gasteiger partial charge in [-0.1, -0.05) is 57.2 Å². The van der Waals surface area contributed by atoms with Gasteiger partial charge >= 0.3 is 0 Å². The van der Waals surface area contributed by atoms with Gasteiger partial charge in [0.1, 0.15) is 5.82 Å². The smallest absolute Gasteiger partial charge is 0.146 e. The van der Waals surface area contributed by atoms with Crippen LogP contribution in [0, 0.1) is 11.3 Å². The molecule has 4 aromatic rings. The van der Waals surface area contributed by atoms with Crippen molar-refractivity contribution in [3.63, 3.8) is 0 Å². The van der Waals surface area contributed by atoms with Crippen LogP contribution in [-0.4, -0.2) is 9.55 Å². The summed E-state index contributed by atoms with van der Waals surface area (Å²) in [7, 11) is 0. The van der Waals surface area contributed by atoms with Gasteiger partial charge < -0.3 is 0 Å². The molecule has 0 spiro atoms. The maximum Gasteiger partial charge on any atom is 0.146 e. The molecule has 0 amide bonds. The second-order valence-corrected chi connectivity index (χ2v) is 7.74. The van der Waals surface area contributed by atoms with E-state index in [1.807, 2.05) is 48.5 Å². The van der Waals surface area contributed by atoms with Crippen LogP contribution in [0.1, 0.15) is 44.7 Å². The van der Waals surface area contributed by atoms with Gasteiger partial charge in [0.05, 0.1) is 22.7 Å². The normalized spacial score (nSPS) is 11.5. The molecule has 0 unspecified atom stereocenters. The van der Waals surface area contributed by atoms with Crippen molar-refractivity contribution in [1.82, 2.24) is 9.55 Å². The van der Waals surface area contributed by atoms with E-state index in [9.17, 15) is 5.26 Å². The fraction of sp³-hybridized carbons (Fsp3) is 0.231. The highest BCUT2D eigenvalue weighted by molar-refractivity contribution is 5.84. The van der Waals surface area contributed by atoms with Gasteiger partial charge in [0.2, 0.25) is 0 Å². The van der Waals surface area contributed by atoms with Crippen LogP contribution in [0.5, 0.6) is 0 Å². The van der Waals surface area contributed by atoms with E-state index in [2.05, 4.69) is 55.7 Å². The quantitative estimate of drug-likeness (QED) is 0.390. The number of nitriles is 1. The lowest BCUT2D eigenvalue weighted by Crippen LogP contribution is -2.21. The molecule has 0 saturated heterocycles. The molecule has 144 valence electrons. The second kappa shape index (κ2) is 7.56. The molecule has 0 saturated carbocycles. The second-order valence-electron chi connectivity index (χ2n) is 7.74. The Kier molecular flexibility index (Phi) is 4.94. The van der Waals surface area contributed by atoms with E-state index < -0.39 is 0 Å². The first-order chi connectivity index (χ1) is 14.1. The van der Waals surface area contributed by atoms with Gasteiger partial charge in [-0.15, -0.1) is 0 Å². The van der Waals surface area contributed by atoms with Crippen LogP contribution in [0.4, 0.5) is 0 Å². The van der Waals surface area contributed by atoms with E-state index in [1.165, 1.54) is 5.56 Å². The molecule has 0 atom stereocenters. The number of hydrogen-bond donors (Lipinski definition) is 0. The maximum absolute atomic E-state index is 9.57. The van der Waals surface area contributed by atoms with Crippen LogP contribution in [0.2, 0.25) is 0 Å². The summed E-state index contributed by atoms with van der Waals surface area (Å²) < 4.78 is 2.21. The van der Waals surface area contributed by atoms with Gasteiger partial charge in [0, 0.05) is 11.3 Å². The average Bonchev–Trinajstić information content (AvgIpc) is 3.18. The molecule has 29 heavy (non-hydrogen) atoms. The first-order valence-corrected chi connectivity index (χ1v) is 10.2. The Balaban J connectivity index is 2.10. The maximum atomic E-state index is 9.57. The van der Waals surface area contributed by atoms with Crippen molar-refractivity contribution in [3.8, 4) is 23.1 Å². The van der Waals surface area contributed by atoms with Crippen molar-refractivity contribution in [3.05, 3.63) is 83.9 Å². The average molecular weight is 380 g/mol. The van der Waals surface area contributed by atoms with E-state index in [-0.39, 0.29) is 5.41 Å². The molecule has 0 fully saturated rings. The van der Waals surface area contributed by atoms with Crippen LogP contribution in [-0.2, 0) is 5.41 Å². The summed E-state index contributed by atoms with van der Waals surface area (Å²) in [6, 6.07) is 26.9. The Morgan fingerprint density at radius 3 is 2.31 bits per heavy atom. The van der Waals surface area contributed by atoms with E-state index in [1.54, 1.807) is 0 Å². The molecule has 0 bridgehead atoms. The number of para-hydroxylation sites is 3. The Morgan fingerprint density at radius 1 is 0.931 bits per heavy atom. The Bertz CT molecular complexity index is 1190. The molecule has 3 nitrogen and oxygen atoms in total. The summed E-state index contributed by atoms with van der Waals surface area (Å²) in [4.78, 5) is 5.03. The number of benzene rings is 3. The highest BCUT2D eigenvalue weighted by atomic mass is 15.1. The molecular formula is C26H25N3. The fourth-order valence-electron chi connectivity index (χ4n) is 4.00. The number of hydrogen-bond acceptors (Lipinski definition) is 2. The topological polar surface area (TPSA) is 41.6 Å². The van der Waals surface area contributed by atoms with Crippen molar-refractivity contribution in [1.29, 1.82) is 5.26 Å². The van der Waals surface area contributed by atoms with Gasteiger partial charge in [-0.05, 0) is 60.2 Å². The first-order valence-electron chi connectivity index (χ1n) is 10.2. The van der Waals surface area contributed by atoms with Crippen molar-refractivity contribution >= 4 is 11.0 Å². The summed E-state index contributed by atoms with van der Waals surface area (Å²) in [5.41, 5.74) is 6.04. The molecule has 1 heterocycles. The van der Waals surface area contributed by atoms with Crippen molar-refractivity contribution in [2.45, 2.75) is 39.0 Å². The van der Waals surface area contributed by atoms with E-state index in [0.717, 1.165) is 41.0 Å². The van der Waals surface area contributed by atoms with Crippen LogP contribution >= 0.6 is 0 Å². The minimum atomic E-state index is 0.0168. The van der Waals surface area contributed by atoms with Gasteiger partial charge in [-0.3, -0.25) is 4.57 Å². The van der Waals surface area contributed by atoms with Gasteiger partial charge in [0.15, 0.2) is 0 Å². The van der Waals surface area contributed by atoms with E-state index in [4.69, 9.17) is 4.98 Å². The third-order valence-corrected chi connectivity index (χ3v) is 6.18. The third kappa shape index (κ3) is 3.21. The predicted octanol–water partition coefficient (Wildman–Crippen LogP) is 6.64. The summed E-state index contributed by atoms with van der Waals surface area (Å²) >= 11 is 0. The Morgan fingerprint density at radius 2 is 1.62 bits per heavy atom. The number of aromatic nitrogens is 2. The molecular weight excluding hydrogens is 354 g/mol. The largest absolute Gasteiger partial charge is 0.292 e. The molecule has 3 heteroatoms. The Labute approximate surface area is 172 Å². The van der Waals surface area contributed by atoms with Crippen LogP contribution in [0.25, 0.3) is 28.1 Å². The standard InChI is InChI=1S/C26H25N3/c1-4-26(3,5-2)22-16-15-19(18-27)17-21(22)25-28-23-13-9-10-14-24(23)29(25)20-11-7-6-8-12-20/h6-17H,4-5H2,1-3H3. The highest BCUT2D eigenvalue weighted by Crippen LogP contribution is 2.40. The summed E-state index contributed by atoms with van der Waals surface area (Å²) in [6.45, 7) is 6.75. The number of imidazole rings is 1. The number of nitrogens with zero attached hydrogens (tertiary/aromatic N) is 3. The third-order valence-electron chi connectivity index (χ3n) is 6.18. The molecule has 3 aromatic carbocycles. The van der Waals surface area contributed by atoms with Crippen molar-refractivity contribution < 1.29 is 0 Å². The summed E-state index contributed by atoms with van der Waals surface area (Å²) in [5.74, 6) is 0.887. The minimum absolute atomic E-state index is 0.0168. The fourth-order valence-corrected chi connectivity index (χ4v) is 4.00. The predicted molar refractivity (Wildman–Crippen MR) is 119 cm³/mol. The summed E-state index contributed by atoms with van der Waals surface area (Å²) in [5, 5.41) is 9.57. The molecule has 0 radical (unpaired) electrons. The van der Waals surface area contributed by atoms with Crippen LogP contribution in [0.15, 0.2) is 72.8 Å². The zero-order valence-corrected chi connectivity index (χ0v) is 17.2. The Hall–Kier alpha value is -3.38. The van der Waals surface area contributed by atoms with Crippen LogP contribution in [0.3, 0.4) is 0 Å². The molecule has 0 aliphatic carbocycles. The minimum Gasteiger partial charge on any atom is -0.292 e. The molecule has 4 rings (SSSR count). The number of rotatable bonds is 5. The van der Waals surface area contributed by atoms with Gasteiger partial charge in [-0.25, -0.2) is 4.98 Å². The van der Waals surface area contributed by atoms with E-state index >= 15 is 0 Å². The van der Waals surface area contributed by atoms with Crippen molar-refractivity contribution in [2.75, 3.05) is 0 Å². The lowest BCUT2D eigenvalue weighted by molar-refractivity contribution is 0.440. The molecule has 0 aliphatic heterocycles. The lowest BCUT2D eigenvalue weighted by atomic mass is 9.75.